The number of rotatable bonds is 6. The van der Waals surface area contributed by atoms with Crippen LogP contribution in [0.2, 0.25) is 0 Å². The van der Waals surface area contributed by atoms with E-state index in [4.69, 9.17) is 0 Å². The quantitative estimate of drug-likeness (QED) is 0.538. The van der Waals surface area contributed by atoms with E-state index in [1.54, 1.807) is 0 Å². The summed E-state index contributed by atoms with van der Waals surface area (Å²) in [6.45, 7) is 6.82. The van der Waals surface area contributed by atoms with Crippen LogP contribution >= 0.6 is 27.7 Å². The molecule has 1 aromatic heterocycles. The fraction of sp³-hybridized carbons (Fsp3) is 0.250. The van der Waals surface area contributed by atoms with Crippen LogP contribution in [0.3, 0.4) is 0 Å². The summed E-state index contributed by atoms with van der Waals surface area (Å²) >= 11 is 4.84. The number of nitrogens with zero attached hydrogens (tertiary/aromatic N) is 3. The van der Waals surface area contributed by atoms with Crippen molar-refractivity contribution in [3.63, 3.8) is 0 Å². The van der Waals surface area contributed by atoms with Gasteiger partial charge in [0.2, 0.25) is 5.91 Å². The van der Waals surface area contributed by atoms with E-state index in [0.717, 1.165) is 44.4 Å². The number of aryl methyl sites for hydroxylation is 2. The molecule has 0 aliphatic heterocycles. The standard InChI is InChI=1S/C20H21BrN4OS/c1-4-25-19(15-5-7-16(21)8-6-15)23-24-20(25)27-12-18(26)22-17-10-13(2)9-14(3)11-17/h5-11H,4,12H2,1-3H3,(H,22,26). The second kappa shape index (κ2) is 8.71. The van der Waals surface area contributed by atoms with E-state index in [9.17, 15) is 4.79 Å². The molecule has 2 aromatic carbocycles. The summed E-state index contributed by atoms with van der Waals surface area (Å²) in [7, 11) is 0. The molecule has 0 unspecified atom stereocenters. The van der Waals surface area contributed by atoms with Crippen molar-refractivity contribution in [3.8, 4) is 11.4 Å². The van der Waals surface area contributed by atoms with E-state index in [1.165, 1.54) is 11.8 Å². The second-order valence-corrected chi connectivity index (χ2v) is 8.13. The molecule has 0 fully saturated rings. The summed E-state index contributed by atoms with van der Waals surface area (Å²) in [6, 6.07) is 14.0. The molecule has 140 valence electrons. The first-order valence-corrected chi connectivity index (χ1v) is 10.4. The van der Waals surface area contributed by atoms with E-state index >= 15 is 0 Å². The highest BCUT2D eigenvalue weighted by molar-refractivity contribution is 9.10. The molecule has 0 aliphatic rings. The number of carbonyl (C=O) groups excluding carboxylic acids is 1. The molecule has 0 saturated heterocycles. The van der Waals surface area contributed by atoms with Crippen LogP contribution in [-0.2, 0) is 11.3 Å². The number of amides is 1. The molecule has 7 heteroatoms. The number of hydrogen-bond acceptors (Lipinski definition) is 4. The second-order valence-electron chi connectivity index (χ2n) is 6.27. The lowest BCUT2D eigenvalue weighted by molar-refractivity contribution is -0.113. The summed E-state index contributed by atoms with van der Waals surface area (Å²) in [5, 5.41) is 12.3. The fourth-order valence-electron chi connectivity index (χ4n) is 2.87. The third-order valence-corrected chi connectivity index (χ3v) is 5.47. The molecular formula is C20H21BrN4OS. The molecule has 1 N–H and O–H groups in total. The zero-order valence-corrected chi connectivity index (χ0v) is 17.9. The predicted molar refractivity (Wildman–Crippen MR) is 114 cm³/mol. The SMILES string of the molecule is CCn1c(SCC(=O)Nc2cc(C)cc(C)c2)nnc1-c1ccc(Br)cc1. The van der Waals surface area contributed by atoms with E-state index in [-0.39, 0.29) is 11.7 Å². The Morgan fingerprint density at radius 3 is 2.41 bits per heavy atom. The Morgan fingerprint density at radius 2 is 1.78 bits per heavy atom. The van der Waals surface area contributed by atoms with Crippen LogP contribution in [0.1, 0.15) is 18.1 Å². The van der Waals surface area contributed by atoms with Crippen molar-refractivity contribution in [2.24, 2.45) is 0 Å². The normalized spacial score (nSPS) is 10.8. The Labute approximate surface area is 171 Å². The maximum atomic E-state index is 12.3. The molecule has 5 nitrogen and oxygen atoms in total. The third kappa shape index (κ3) is 4.99. The van der Waals surface area contributed by atoms with E-state index < -0.39 is 0 Å². The van der Waals surface area contributed by atoms with Crippen LogP contribution in [0.5, 0.6) is 0 Å². The molecule has 0 aliphatic carbocycles. The highest BCUT2D eigenvalue weighted by Gasteiger charge is 2.14. The zero-order valence-electron chi connectivity index (χ0n) is 15.5. The number of anilines is 1. The van der Waals surface area contributed by atoms with Crippen LogP contribution in [0.15, 0.2) is 52.1 Å². The van der Waals surface area contributed by atoms with Gasteiger partial charge in [-0.05, 0) is 56.2 Å². The van der Waals surface area contributed by atoms with Crippen molar-refractivity contribution >= 4 is 39.3 Å². The summed E-state index contributed by atoms with van der Waals surface area (Å²) < 4.78 is 3.05. The van der Waals surface area contributed by atoms with E-state index in [0.29, 0.717) is 0 Å². The largest absolute Gasteiger partial charge is 0.325 e. The highest BCUT2D eigenvalue weighted by atomic mass is 79.9. The number of thioether (sulfide) groups is 1. The minimum atomic E-state index is -0.0548. The van der Waals surface area contributed by atoms with E-state index in [2.05, 4.69) is 37.5 Å². The molecule has 0 radical (unpaired) electrons. The van der Waals surface area contributed by atoms with Gasteiger partial charge in [0.1, 0.15) is 0 Å². The molecule has 27 heavy (non-hydrogen) atoms. The topological polar surface area (TPSA) is 59.8 Å². The van der Waals surface area contributed by atoms with Gasteiger partial charge < -0.3 is 9.88 Å². The summed E-state index contributed by atoms with van der Waals surface area (Å²) in [6.07, 6.45) is 0. The van der Waals surface area contributed by atoms with Crippen LogP contribution in [0, 0.1) is 13.8 Å². The number of benzene rings is 2. The lowest BCUT2D eigenvalue weighted by Gasteiger charge is -2.09. The molecular weight excluding hydrogens is 424 g/mol. The maximum Gasteiger partial charge on any atom is 0.234 e. The number of halogens is 1. The van der Waals surface area contributed by atoms with Crippen LogP contribution in [0.25, 0.3) is 11.4 Å². The Bertz CT molecular complexity index is 933. The minimum Gasteiger partial charge on any atom is -0.325 e. The van der Waals surface area contributed by atoms with Gasteiger partial charge in [0.15, 0.2) is 11.0 Å². The summed E-state index contributed by atoms with van der Waals surface area (Å²) in [5.41, 5.74) is 4.08. The van der Waals surface area contributed by atoms with Gasteiger partial charge in [-0.2, -0.15) is 0 Å². The monoisotopic (exact) mass is 444 g/mol. The summed E-state index contributed by atoms with van der Waals surface area (Å²) in [4.78, 5) is 12.3. The molecule has 3 aromatic rings. The first-order valence-electron chi connectivity index (χ1n) is 8.66. The number of nitrogens with one attached hydrogen (secondary N) is 1. The summed E-state index contributed by atoms with van der Waals surface area (Å²) in [5.74, 6) is 1.04. The lowest BCUT2D eigenvalue weighted by Crippen LogP contribution is -2.15. The Balaban J connectivity index is 1.69. The average Bonchev–Trinajstić information content (AvgIpc) is 3.02. The van der Waals surface area contributed by atoms with Crippen LogP contribution < -0.4 is 5.32 Å². The van der Waals surface area contributed by atoms with Gasteiger partial charge in [0.25, 0.3) is 0 Å². The maximum absolute atomic E-state index is 12.3. The predicted octanol–water partition coefficient (Wildman–Crippen LogP) is 5.08. The van der Waals surface area contributed by atoms with Crippen molar-refractivity contribution in [3.05, 3.63) is 58.1 Å². The highest BCUT2D eigenvalue weighted by Crippen LogP contribution is 2.25. The van der Waals surface area contributed by atoms with Crippen molar-refractivity contribution in [1.29, 1.82) is 0 Å². The molecule has 0 spiro atoms. The van der Waals surface area contributed by atoms with Gasteiger partial charge >= 0.3 is 0 Å². The van der Waals surface area contributed by atoms with E-state index in [1.807, 2.05) is 61.7 Å². The van der Waals surface area contributed by atoms with Crippen molar-refractivity contribution in [1.82, 2.24) is 14.8 Å². The Morgan fingerprint density at radius 1 is 1.11 bits per heavy atom. The number of hydrogen-bond donors (Lipinski definition) is 1. The van der Waals surface area contributed by atoms with Gasteiger partial charge in [-0.1, -0.05) is 45.9 Å². The van der Waals surface area contributed by atoms with Crippen molar-refractivity contribution < 1.29 is 4.79 Å². The third-order valence-electron chi connectivity index (χ3n) is 3.97. The Hall–Kier alpha value is -2.12. The van der Waals surface area contributed by atoms with Gasteiger partial charge in [-0.15, -0.1) is 10.2 Å². The lowest BCUT2D eigenvalue weighted by atomic mass is 10.1. The van der Waals surface area contributed by atoms with Gasteiger partial charge in [0.05, 0.1) is 5.75 Å². The van der Waals surface area contributed by atoms with Crippen LogP contribution in [-0.4, -0.2) is 26.4 Å². The number of carbonyl (C=O) groups is 1. The average molecular weight is 445 g/mol. The molecule has 1 heterocycles. The fourth-order valence-corrected chi connectivity index (χ4v) is 3.93. The van der Waals surface area contributed by atoms with Crippen molar-refractivity contribution in [2.75, 3.05) is 11.1 Å². The first kappa shape index (κ1) is 19.6. The molecule has 1 amide bonds. The smallest absolute Gasteiger partial charge is 0.234 e. The van der Waals surface area contributed by atoms with Gasteiger partial charge in [0, 0.05) is 22.3 Å². The van der Waals surface area contributed by atoms with Crippen molar-refractivity contribution in [2.45, 2.75) is 32.5 Å². The molecule has 0 bridgehead atoms. The molecule has 0 saturated carbocycles. The minimum absolute atomic E-state index is 0.0548. The van der Waals surface area contributed by atoms with Crippen LogP contribution in [0.4, 0.5) is 5.69 Å². The first-order chi connectivity index (χ1) is 13.0. The zero-order chi connectivity index (χ0) is 19.4. The Kier molecular flexibility index (Phi) is 6.34. The van der Waals surface area contributed by atoms with Gasteiger partial charge in [-0.25, -0.2) is 0 Å². The number of aromatic nitrogens is 3. The van der Waals surface area contributed by atoms with Gasteiger partial charge in [-0.3, -0.25) is 4.79 Å². The molecule has 3 rings (SSSR count). The molecule has 0 atom stereocenters.